The lowest BCUT2D eigenvalue weighted by Crippen LogP contribution is -2.09. The Bertz CT molecular complexity index is 76.0. The molecule has 3 heteroatoms. The van der Waals surface area contributed by atoms with Gasteiger partial charge in [0.25, 0.3) is 0 Å². The molecular weight excluding hydrogens is 130 g/mol. The molecule has 0 fully saturated rings. The van der Waals surface area contributed by atoms with Crippen LogP contribution in [0.1, 0.15) is 26.2 Å². The molecule has 0 aliphatic rings. The summed E-state index contributed by atoms with van der Waals surface area (Å²) in [4.78, 5) is 9.67. The van der Waals surface area contributed by atoms with Crippen LogP contribution in [0.2, 0.25) is 0 Å². The topological polar surface area (TPSA) is 38.3 Å². The van der Waals surface area contributed by atoms with Crippen molar-refractivity contribution in [2.24, 2.45) is 0 Å². The van der Waals surface area contributed by atoms with Gasteiger partial charge in [-0.1, -0.05) is 19.8 Å². The zero-order valence-electron chi connectivity index (χ0n) is 6.30. The van der Waals surface area contributed by atoms with Crippen LogP contribution >= 0.6 is 0 Å². The molecule has 59 valence electrons. The third kappa shape index (κ3) is 7.43. The van der Waals surface area contributed by atoms with E-state index in [1.165, 1.54) is 19.6 Å². The smallest absolute Gasteiger partial charge is 0.209 e. The first-order valence-corrected chi connectivity index (χ1v) is 3.54. The number of nitrogens with one attached hydrogen (secondary N) is 1. The van der Waals surface area contributed by atoms with Gasteiger partial charge in [0.1, 0.15) is 0 Å². The molecule has 0 spiro atoms. The number of rotatable bonds is 7. The first-order valence-electron chi connectivity index (χ1n) is 3.54. The molecule has 0 saturated carbocycles. The molecule has 0 aromatic carbocycles. The molecule has 1 radical (unpaired) electrons. The van der Waals surface area contributed by atoms with Gasteiger partial charge in [0, 0.05) is 6.61 Å². The first kappa shape index (κ1) is 9.43. The minimum atomic E-state index is 0.583. The number of hydrogen-bond acceptors (Lipinski definition) is 2. The Labute approximate surface area is 61.8 Å². The molecule has 1 N–H and O–H groups in total. The summed E-state index contributed by atoms with van der Waals surface area (Å²) in [6, 6.07) is 0. The van der Waals surface area contributed by atoms with E-state index in [2.05, 4.69) is 12.2 Å². The Balaban J connectivity index is 2.70. The van der Waals surface area contributed by atoms with Gasteiger partial charge in [0.2, 0.25) is 6.41 Å². The maximum absolute atomic E-state index is 9.67. The highest BCUT2D eigenvalue weighted by molar-refractivity contribution is 5.46. The Morgan fingerprint density at radius 2 is 2.30 bits per heavy atom. The number of carbonyl (C=O) groups is 1. The van der Waals surface area contributed by atoms with Gasteiger partial charge in [0.05, 0.1) is 0 Å². The SMILES string of the molecule is CCCCCO[CH]NC=O. The minimum absolute atomic E-state index is 0.583. The Morgan fingerprint density at radius 3 is 2.90 bits per heavy atom. The van der Waals surface area contributed by atoms with Gasteiger partial charge in [-0.15, -0.1) is 0 Å². The molecule has 1 amide bonds. The summed E-state index contributed by atoms with van der Waals surface area (Å²) in [5.74, 6) is 0. The second-order valence-electron chi connectivity index (χ2n) is 1.98. The Kier molecular flexibility index (Phi) is 7.95. The lowest BCUT2D eigenvalue weighted by molar-refractivity contribution is -0.109. The monoisotopic (exact) mass is 144 g/mol. The van der Waals surface area contributed by atoms with Crippen molar-refractivity contribution in [3.8, 4) is 0 Å². The molecule has 0 atom stereocenters. The van der Waals surface area contributed by atoms with Crippen molar-refractivity contribution in [3.63, 3.8) is 0 Å². The molecule has 0 unspecified atom stereocenters. The van der Waals surface area contributed by atoms with Crippen molar-refractivity contribution in [2.45, 2.75) is 26.2 Å². The van der Waals surface area contributed by atoms with E-state index in [0.717, 1.165) is 6.42 Å². The van der Waals surface area contributed by atoms with Crippen LogP contribution in [0.4, 0.5) is 0 Å². The molecule has 0 bridgehead atoms. The molecule has 0 aliphatic carbocycles. The minimum Gasteiger partial charge on any atom is -0.354 e. The lowest BCUT2D eigenvalue weighted by atomic mass is 10.3. The highest BCUT2D eigenvalue weighted by atomic mass is 16.5. The molecule has 0 aliphatic heterocycles. The predicted octanol–water partition coefficient (Wildman–Crippen LogP) is 1.06. The van der Waals surface area contributed by atoms with Crippen LogP contribution in [0.5, 0.6) is 0 Å². The summed E-state index contributed by atoms with van der Waals surface area (Å²) in [7, 11) is 0. The summed E-state index contributed by atoms with van der Waals surface area (Å²) in [5.41, 5.74) is 0. The summed E-state index contributed by atoms with van der Waals surface area (Å²) in [6.45, 7) is 4.13. The predicted molar refractivity (Wildman–Crippen MR) is 39.0 cm³/mol. The van der Waals surface area contributed by atoms with E-state index < -0.39 is 0 Å². The van der Waals surface area contributed by atoms with Crippen LogP contribution in [0.25, 0.3) is 0 Å². The second-order valence-corrected chi connectivity index (χ2v) is 1.98. The zero-order valence-corrected chi connectivity index (χ0v) is 6.30. The number of carbonyl (C=O) groups excluding carboxylic acids is 1. The van der Waals surface area contributed by atoms with Crippen LogP contribution in [0.3, 0.4) is 0 Å². The van der Waals surface area contributed by atoms with Gasteiger partial charge < -0.3 is 10.1 Å². The number of hydrogen-bond donors (Lipinski definition) is 1. The van der Waals surface area contributed by atoms with E-state index in [4.69, 9.17) is 4.74 Å². The number of ether oxygens (including phenoxy) is 1. The average Bonchev–Trinajstić information content (AvgIpc) is 1.97. The van der Waals surface area contributed by atoms with Crippen molar-refractivity contribution in [2.75, 3.05) is 6.61 Å². The fourth-order valence-corrected chi connectivity index (χ4v) is 0.570. The summed E-state index contributed by atoms with van der Waals surface area (Å²) in [5, 5.41) is 2.30. The van der Waals surface area contributed by atoms with Crippen LogP contribution in [-0.2, 0) is 9.53 Å². The van der Waals surface area contributed by atoms with Crippen LogP contribution < -0.4 is 5.32 Å². The maximum atomic E-state index is 9.67. The molecule has 0 rings (SSSR count). The summed E-state index contributed by atoms with van der Waals surface area (Å²) >= 11 is 0. The second kappa shape index (κ2) is 8.43. The lowest BCUT2D eigenvalue weighted by Gasteiger charge is -1.99. The van der Waals surface area contributed by atoms with Gasteiger partial charge in [0.15, 0.2) is 6.73 Å². The fourth-order valence-electron chi connectivity index (χ4n) is 0.570. The van der Waals surface area contributed by atoms with Gasteiger partial charge in [-0.3, -0.25) is 4.79 Å². The molecule has 0 aromatic heterocycles. The van der Waals surface area contributed by atoms with E-state index >= 15 is 0 Å². The van der Waals surface area contributed by atoms with Gasteiger partial charge in [-0.05, 0) is 6.42 Å². The van der Waals surface area contributed by atoms with E-state index in [1.807, 2.05) is 0 Å². The van der Waals surface area contributed by atoms with E-state index in [0.29, 0.717) is 13.0 Å². The quantitative estimate of drug-likeness (QED) is 0.428. The first-order chi connectivity index (χ1) is 4.91. The summed E-state index contributed by atoms with van der Waals surface area (Å²) in [6.07, 6.45) is 3.99. The number of amides is 1. The van der Waals surface area contributed by atoms with Gasteiger partial charge in [-0.2, -0.15) is 0 Å². The van der Waals surface area contributed by atoms with Crippen molar-refractivity contribution >= 4 is 6.41 Å². The van der Waals surface area contributed by atoms with Crippen molar-refractivity contribution in [1.82, 2.24) is 5.32 Å². The third-order valence-electron chi connectivity index (χ3n) is 1.09. The fraction of sp³-hybridized carbons (Fsp3) is 0.714. The van der Waals surface area contributed by atoms with E-state index in [-0.39, 0.29) is 0 Å². The Hall–Kier alpha value is -0.570. The van der Waals surface area contributed by atoms with Gasteiger partial charge in [-0.25, -0.2) is 0 Å². The molecule has 3 nitrogen and oxygen atoms in total. The van der Waals surface area contributed by atoms with Crippen molar-refractivity contribution < 1.29 is 9.53 Å². The van der Waals surface area contributed by atoms with Crippen LogP contribution in [0.15, 0.2) is 0 Å². The van der Waals surface area contributed by atoms with Crippen molar-refractivity contribution in [3.05, 3.63) is 6.73 Å². The third-order valence-corrected chi connectivity index (χ3v) is 1.09. The van der Waals surface area contributed by atoms with Crippen molar-refractivity contribution in [1.29, 1.82) is 0 Å². The van der Waals surface area contributed by atoms with E-state index in [1.54, 1.807) is 0 Å². The molecule has 0 saturated heterocycles. The largest absolute Gasteiger partial charge is 0.354 e. The normalized spacial score (nSPS) is 9.30. The van der Waals surface area contributed by atoms with Crippen LogP contribution in [0, 0.1) is 6.73 Å². The average molecular weight is 144 g/mol. The maximum Gasteiger partial charge on any atom is 0.209 e. The highest BCUT2D eigenvalue weighted by Crippen LogP contribution is 1.93. The molecule has 10 heavy (non-hydrogen) atoms. The molecule has 0 aromatic rings. The molecule has 0 heterocycles. The standard InChI is InChI=1S/C7H14NO2/c1-2-3-4-5-10-7-8-6-9/h6-7H,2-5H2,1H3,(H,8,9). The Morgan fingerprint density at radius 1 is 1.50 bits per heavy atom. The highest BCUT2D eigenvalue weighted by Gasteiger charge is 1.86. The summed E-state index contributed by atoms with van der Waals surface area (Å²) < 4.78 is 4.91. The van der Waals surface area contributed by atoms with Gasteiger partial charge >= 0.3 is 0 Å². The van der Waals surface area contributed by atoms with E-state index in [9.17, 15) is 4.79 Å². The molecular formula is C7H14NO2. The zero-order chi connectivity index (χ0) is 7.66. The number of unbranched alkanes of at least 4 members (excludes halogenated alkanes) is 2. The van der Waals surface area contributed by atoms with Crippen LogP contribution in [-0.4, -0.2) is 13.0 Å².